The van der Waals surface area contributed by atoms with E-state index in [-0.39, 0.29) is 18.2 Å². The summed E-state index contributed by atoms with van der Waals surface area (Å²) in [6.45, 7) is 0.0647. The van der Waals surface area contributed by atoms with Crippen LogP contribution in [0, 0.1) is 26.0 Å². The molecule has 0 aromatic heterocycles. The summed E-state index contributed by atoms with van der Waals surface area (Å²) in [6, 6.07) is 8.81. The van der Waals surface area contributed by atoms with Gasteiger partial charge in [0.05, 0.1) is 15.9 Å². The number of nitro groups is 2. The minimum Gasteiger partial charge on any atom is -0.489 e. The number of hydrogen-bond acceptors (Lipinski definition) is 5. The van der Waals surface area contributed by atoms with Crippen LogP contribution in [0.4, 0.5) is 15.8 Å². The number of benzene rings is 2. The van der Waals surface area contributed by atoms with Gasteiger partial charge in [0.25, 0.3) is 0 Å². The van der Waals surface area contributed by atoms with Crippen LogP contribution in [0.5, 0.6) is 5.75 Å². The molecule has 0 aliphatic carbocycles. The lowest BCUT2D eigenvalue weighted by atomic mass is 10.2. The van der Waals surface area contributed by atoms with Crippen molar-refractivity contribution in [3.05, 3.63) is 74.1 Å². The van der Waals surface area contributed by atoms with Gasteiger partial charge in [-0.05, 0) is 23.8 Å². The molecule has 0 unspecified atom stereocenters. The molecule has 0 amide bonds. The largest absolute Gasteiger partial charge is 0.489 e. The van der Waals surface area contributed by atoms with Crippen molar-refractivity contribution in [2.24, 2.45) is 0 Å². The van der Waals surface area contributed by atoms with Gasteiger partial charge in [-0.3, -0.25) is 20.2 Å². The molecule has 0 aliphatic heterocycles. The lowest BCUT2D eigenvalue weighted by Gasteiger charge is -2.06. The van der Waals surface area contributed by atoms with E-state index in [4.69, 9.17) is 4.74 Å². The highest BCUT2D eigenvalue weighted by atomic mass is 19.1. The average Bonchev–Trinajstić information content (AvgIpc) is 2.46. The summed E-state index contributed by atoms with van der Waals surface area (Å²) < 4.78 is 18.0. The molecule has 0 saturated carbocycles. The van der Waals surface area contributed by atoms with Crippen molar-refractivity contribution >= 4 is 11.4 Å². The number of halogens is 1. The summed E-state index contributed by atoms with van der Waals surface area (Å²) in [4.78, 5) is 19.8. The highest BCUT2D eigenvalue weighted by molar-refractivity contribution is 5.55. The molecule has 0 fully saturated rings. The van der Waals surface area contributed by atoms with Gasteiger partial charge in [0.15, 0.2) is 0 Å². The van der Waals surface area contributed by atoms with Crippen molar-refractivity contribution in [2.75, 3.05) is 0 Å². The van der Waals surface area contributed by atoms with Crippen LogP contribution >= 0.6 is 0 Å². The molecule has 2 aromatic carbocycles. The Morgan fingerprint density at radius 1 is 0.952 bits per heavy atom. The highest BCUT2D eigenvalue weighted by Crippen LogP contribution is 2.30. The van der Waals surface area contributed by atoms with Crippen molar-refractivity contribution in [1.82, 2.24) is 0 Å². The molecule has 8 heteroatoms. The molecular weight excluding hydrogens is 283 g/mol. The molecule has 0 bridgehead atoms. The monoisotopic (exact) mass is 292 g/mol. The highest BCUT2D eigenvalue weighted by Gasteiger charge is 2.24. The first-order chi connectivity index (χ1) is 9.97. The lowest BCUT2D eigenvalue weighted by molar-refractivity contribution is -0.422. The summed E-state index contributed by atoms with van der Waals surface area (Å²) in [7, 11) is 0. The van der Waals surface area contributed by atoms with E-state index in [1.54, 1.807) is 0 Å². The van der Waals surface area contributed by atoms with Gasteiger partial charge in [0.1, 0.15) is 18.2 Å². The number of rotatable bonds is 5. The van der Waals surface area contributed by atoms with Gasteiger partial charge < -0.3 is 4.74 Å². The van der Waals surface area contributed by atoms with Crippen LogP contribution in [0.25, 0.3) is 0 Å². The smallest absolute Gasteiger partial charge is 0.349 e. The minimum atomic E-state index is -0.844. The second-order valence-corrected chi connectivity index (χ2v) is 4.08. The molecule has 7 nitrogen and oxygen atoms in total. The summed E-state index contributed by atoms with van der Waals surface area (Å²) in [5.41, 5.74) is -0.580. The zero-order valence-electron chi connectivity index (χ0n) is 10.6. The summed E-state index contributed by atoms with van der Waals surface area (Å²) in [6.07, 6.45) is 0. The predicted molar refractivity (Wildman–Crippen MR) is 70.5 cm³/mol. The third-order valence-corrected chi connectivity index (χ3v) is 2.66. The zero-order chi connectivity index (χ0) is 15.4. The van der Waals surface area contributed by atoms with Gasteiger partial charge >= 0.3 is 11.4 Å². The first-order valence-electron chi connectivity index (χ1n) is 5.77. The van der Waals surface area contributed by atoms with Crippen molar-refractivity contribution in [3.63, 3.8) is 0 Å². The Labute approximate surface area is 117 Å². The SMILES string of the molecule is O=[N+]([O-])c1ccc(OCc2ccc(F)cc2)cc1[N+](=O)[O-]. The van der Waals surface area contributed by atoms with Crippen molar-refractivity contribution in [2.45, 2.75) is 6.61 Å². The quantitative estimate of drug-likeness (QED) is 0.622. The number of ether oxygens (including phenoxy) is 1. The fraction of sp³-hybridized carbons (Fsp3) is 0.0769. The molecule has 0 N–H and O–H groups in total. The van der Waals surface area contributed by atoms with Gasteiger partial charge in [0, 0.05) is 6.07 Å². The maximum Gasteiger partial charge on any atom is 0.349 e. The lowest BCUT2D eigenvalue weighted by Crippen LogP contribution is -1.99. The normalized spacial score (nSPS) is 10.1. The fourth-order valence-corrected chi connectivity index (χ4v) is 1.64. The van der Waals surface area contributed by atoms with Gasteiger partial charge in [-0.25, -0.2) is 4.39 Å². The molecule has 2 aromatic rings. The standard InChI is InChI=1S/C13H9FN2O5/c14-10-3-1-9(2-4-10)8-21-11-5-6-12(15(17)18)13(7-11)16(19)20/h1-7H,8H2. The Hall–Kier alpha value is -3.03. The third-order valence-electron chi connectivity index (χ3n) is 2.66. The van der Waals surface area contributed by atoms with Gasteiger partial charge in [0.2, 0.25) is 0 Å². The Morgan fingerprint density at radius 3 is 2.14 bits per heavy atom. The predicted octanol–water partition coefficient (Wildman–Crippen LogP) is 3.22. The first-order valence-corrected chi connectivity index (χ1v) is 5.77. The van der Waals surface area contributed by atoms with Gasteiger partial charge in [-0.2, -0.15) is 0 Å². The van der Waals surface area contributed by atoms with E-state index in [1.165, 1.54) is 30.3 Å². The van der Waals surface area contributed by atoms with Crippen LogP contribution in [-0.2, 0) is 6.61 Å². The van der Waals surface area contributed by atoms with E-state index >= 15 is 0 Å². The van der Waals surface area contributed by atoms with E-state index < -0.39 is 21.2 Å². The van der Waals surface area contributed by atoms with Crippen LogP contribution in [0.15, 0.2) is 42.5 Å². The van der Waals surface area contributed by atoms with Crippen LogP contribution in [-0.4, -0.2) is 9.85 Å². The van der Waals surface area contributed by atoms with Gasteiger partial charge in [-0.15, -0.1) is 0 Å². The second-order valence-electron chi connectivity index (χ2n) is 4.08. The molecule has 0 heterocycles. The summed E-state index contributed by atoms with van der Waals surface area (Å²) >= 11 is 0. The molecule has 0 spiro atoms. The minimum absolute atomic E-state index is 0.0647. The van der Waals surface area contributed by atoms with E-state index in [2.05, 4.69) is 0 Å². The molecule has 0 aliphatic rings. The number of nitro benzene ring substituents is 2. The first kappa shape index (κ1) is 14.4. The van der Waals surface area contributed by atoms with E-state index in [9.17, 15) is 24.6 Å². The molecule has 0 saturated heterocycles. The molecular formula is C13H9FN2O5. The Balaban J connectivity index is 2.17. The summed E-state index contributed by atoms with van der Waals surface area (Å²) in [5.74, 6) is -0.263. The van der Waals surface area contributed by atoms with E-state index in [0.717, 1.165) is 12.1 Å². The van der Waals surface area contributed by atoms with Crippen molar-refractivity contribution in [1.29, 1.82) is 0 Å². The molecule has 0 atom stereocenters. The van der Waals surface area contributed by atoms with Crippen molar-refractivity contribution in [3.8, 4) is 5.75 Å². The number of nitrogens with zero attached hydrogens (tertiary/aromatic N) is 2. The van der Waals surface area contributed by atoms with Crippen LogP contribution < -0.4 is 4.74 Å². The van der Waals surface area contributed by atoms with Crippen LogP contribution in [0.2, 0.25) is 0 Å². The van der Waals surface area contributed by atoms with Crippen LogP contribution in [0.1, 0.15) is 5.56 Å². The Kier molecular flexibility index (Phi) is 4.07. The molecule has 0 radical (unpaired) electrons. The molecule has 21 heavy (non-hydrogen) atoms. The maximum atomic E-state index is 12.7. The molecule has 2 rings (SSSR count). The Morgan fingerprint density at radius 2 is 1.57 bits per heavy atom. The van der Waals surface area contributed by atoms with Crippen LogP contribution in [0.3, 0.4) is 0 Å². The topological polar surface area (TPSA) is 95.5 Å². The third kappa shape index (κ3) is 3.50. The average molecular weight is 292 g/mol. The van der Waals surface area contributed by atoms with Crippen molar-refractivity contribution < 1.29 is 19.0 Å². The fourth-order valence-electron chi connectivity index (χ4n) is 1.64. The zero-order valence-corrected chi connectivity index (χ0v) is 10.6. The second kappa shape index (κ2) is 5.95. The molecule has 108 valence electrons. The summed E-state index contributed by atoms with van der Waals surface area (Å²) in [5, 5.41) is 21.5. The van der Waals surface area contributed by atoms with Gasteiger partial charge in [-0.1, -0.05) is 12.1 Å². The Bertz CT molecular complexity index is 687. The van der Waals surface area contributed by atoms with E-state index in [0.29, 0.717) is 5.56 Å². The van der Waals surface area contributed by atoms with E-state index in [1.807, 2.05) is 0 Å². The number of hydrogen-bond donors (Lipinski definition) is 0. The maximum absolute atomic E-state index is 12.7.